The molecule has 1 aliphatic heterocycles. The fourth-order valence-corrected chi connectivity index (χ4v) is 2.50. The molecule has 1 aliphatic rings. The van der Waals surface area contributed by atoms with Gasteiger partial charge >= 0.3 is 6.03 Å². The van der Waals surface area contributed by atoms with Crippen molar-refractivity contribution in [3.63, 3.8) is 0 Å². The summed E-state index contributed by atoms with van der Waals surface area (Å²) in [6, 6.07) is 7.39. The highest BCUT2D eigenvalue weighted by atomic mass is 16.2. The summed E-state index contributed by atoms with van der Waals surface area (Å²) in [5, 5.41) is 7.62. The lowest BCUT2D eigenvalue weighted by Gasteiger charge is -2.20. The molecular formula is C17H24N4O2. The highest BCUT2D eigenvalue weighted by Gasteiger charge is 2.46. The van der Waals surface area contributed by atoms with Crippen LogP contribution < -0.4 is 10.2 Å². The van der Waals surface area contributed by atoms with Crippen LogP contribution in [-0.4, -0.2) is 41.8 Å². The molecule has 1 saturated heterocycles. The molecule has 2 rings (SSSR count). The number of hydrogen-bond acceptors (Lipinski definition) is 4. The van der Waals surface area contributed by atoms with E-state index in [1.54, 1.807) is 6.92 Å². The smallest absolute Gasteiger partial charge is 0.346 e. The minimum absolute atomic E-state index is 0.319. The van der Waals surface area contributed by atoms with Crippen molar-refractivity contribution in [3.8, 4) is 0 Å². The molecule has 0 radical (unpaired) electrons. The first kappa shape index (κ1) is 17.0. The van der Waals surface area contributed by atoms with Crippen LogP contribution in [0.2, 0.25) is 0 Å². The second-order valence-corrected chi connectivity index (χ2v) is 5.74. The molecular weight excluding hydrogens is 292 g/mol. The summed E-state index contributed by atoms with van der Waals surface area (Å²) in [5.74, 6) is -0.319. The van der Waals surface area contributed by atoms with E-state index in [9.17, 15) is 9.59 Å². The van der Waals surface area contributed by atoms with E-state index in [4.69, 9.17) is 0 Å². The zero-order valence-corrected chi connectivity index (χ0v) is 14.2. The summed E-state index contributed by atoms with van der Waals surface area (Å²) in [7, 11) is 0. The Kier molecular flexibility index (Phi) is 5.03. The third kappa shape index (κ3) is 3.36. The highest BCUT2D eigenvalue weighted by molar-refractivity contribution is 6.07. The number of imide groups is 1. The molecule has 23 heavy (non-hydrogen) atoms. The number of carbonyl (C=O) groups excluding carboxylic acids is 2. The van der Waals surface area contributed by atoms with E-state index in [0.717, 1.165) is 29.3 Å². The second kappa shape index (κ2) is 6.81. The number of benzene rings is 1. The molecule has 0 bridgehead atoms. The first-order chi connectivity index (χ1) is 10.9. The SMILES string of the molecule is CCN(CC)c1ccc(/C=N\N2C(=O)N[C@](C)(CC)C2=O)cc1. The number of anilines is 1. The second-order valence-electron chi connectivity index (χ2n) is 5.74. The predicted octanol–water partition coefficient (Wildman–Crippen LogP) is 2.59. The molecule has 1 fully saturated rings. The van der Waals surface area contributed by atoms with Crippen LogP contribution in [0, 0.1) is 0 Å². The van der Waals surface area contributed by atoms with Crippen LogP contribution in [0.15, 0.2) is 29.4 Å². The molecule has 1 aromatic carbocycles. The number of hydrazone groups is 1. The van der Waals surface area contributed by atoms with Crippen molar-refractivity contribution >= 4 is 23.8 Å². The number of nitrogens with zero attached hydrogens (tertiary/aromatic N) is 3. The summed E-state index contributed by atoms with van der Waals surface area (Å²) in [5.41, 5.74) is 1.12. The quantitative estimate of drug-likeness (QED) is 0.648. The molecule has 0 unspecified atom stereocenters. The van der Waals surface area contributed by atoms with Crippen molar-refractivity contribution in [2.24, 2.45) is 5.10 Å². The van der Waals surface area contributed by atoms with E-state index in [0.29, 0.717) is 6.42 Å². The number of rotatable bonds is 6. The number of hydrogen-bond donors (Lipinski definition) is 1. The molecule has 124 valence electrons. The van der Waals surface area contributed by atoms with Crippen molar-refractivity contribution in [1.29, 1.82) is 0 Å². The molecule has 0 aromatic heterocycles. The summed E-state index contributed by atoms with van der Waals surface area (Å²) in [6.07, 6.45) is 2.06. The van der Waals surface area contributed by atoms with Gasteiger partial charge in [0, 0.05) is 18.8 Å². The molecule has 1 atom stereocenters. The fourth-order valence-electron chi connectivity index (χ4n) is 2.50. The lowest BCUT2D eigenvalue weighted by molar-refractivity contribution is -0.130. The predicted molar refractivity (Wildman–Crippen MR) is 91.7 cm³/mol. The van der Waals surface area contributed by atoms with Gasteiger partial charge in [-0.25, -0.2) is 4.79 Å². The largest absolute Gasteiger partial charge is 0.372 e. The Bertz CT molecular complexity index is 608. The number of amides is 3. The number of nitrogens with one attached hydrogen (secondary N) is 1. The zero-order chi connectivity index (χ0) is 17.0. The number of carbonyl (C=O) groups is 2. The third-order valence-corrected chi connectivity index (χ3v) is 4.29. The van der Waals surface area contributed by atoms with Gasteiger partial charge in [-0.1, -0.05) is 19.1 Å². The molecule has 0 aliphatic carbocycles. The van der Waals surface area contributed by atoms with Gasteiger partial charge in [-0.2, -0.15) is 5.10 Å². The van der Waals surface area contributed by atoms with Gasteiger partial charge in [0.05, 0.1) is 6.21 Å². The molecule has 6 nitrogen and oxygen atoms in total. The summed E-state index contributed by atoms with van der Waals surface area (Å²) >= 11 is 0. The van der Waals surface area contributed by atoms with Crippen LogP contribution in [0.5, 0.6) is 0 Å². The van der Waals surface area contributed by atoms with Crippen molar-refractivity contribution in [2.75, 3.05) is 18.0 Å². The normalized spacial score (nSPS) is 21.1. The van der Waals surface area contributed by atoms with Gasteiger partial charge in [-0.15, -0.1) is 5.01 Å². The summed E-state index contributed by atoms with van der Waals surface area (Å²) < 4.78 is 0. The van der Waals surface area contributed by atoms with Crippen molar-refractivity contribution in [1.82, 2.24) is 10.3 Å². The Balaban J connectivity index is 2.12. The van der Waals surface area contributed by atoms with Crippen molar-refractivity contribution in [2.45, 2.75) is 39.7 Å². The van der Waals surface area contributed by atoms with Gasteiger partial charge in [0.25, 0.3) is 5.91 Å². The van der Waals surface area contributed by atoms with Crippen LogP contribution in [-0.2, 0) is 4.79 Å². The first-order valence-corrected chi connectivity index (χ1v) is 8.00. The topological polar surface area (TPSA) is 65.0 Å². The Hall–Kier alpha value is -2.37. The van der Waals surface area contributed by atoms with Gasteiger partial charge in [-0.3, -0.25) is 4.79 Å². The number of urea groups is 1. The standard InChI is InChI=1S/C17H24N4O2/c1-5-17(4)15(22)21(16(23)19-17)18-12-13-8-10-14(11-9-13)20(6-2)7-3/h8-12H,5-7H2,1-4H3,(H,19,23)/b18-12-/t17-/m1/s1. The van der Waals surface area contributed by atoms with Crippen LogP contribution in [0.1, 0.15) is 39.7 Å². The van der Waals surface area contributed by atoms with Crippen LogP contribution in [0.4, 0.5) is 10.5 Å². The minimum Gasteiger partial charge on any atom is -0.372 e. The van der Waals surface area contributed by atoms with Crippen LogP contribution in [0.3, 0.4) is 0 Å². The van der Waals surface area contributed by atoms with E-state index in [-0.39, 0.29) is 5.91 Å². The molecule has 0 spiro atoms. The summed E-state index contributed by atoms with van der Waals surface area (Å²) in [4.78, 5) is 26.3. The van der Waals surface area contributed by atoms with Crippen LogP contribution >= 0.6 is 0 Å². The maximum absolute atomic E-state index is 12.2. The average molecular weight is 316 g/mol. The van der Waals surface area contributed by atoms with E-state index >= 15 is 0 Å². The zero-order valence-electron chi connectivity index (χ0n) is 14.2. The maximum Gasteiger partial charge on any atom is 0.346 e. The lowest BCUT2D eigenvalue weighted by atomic mass is 10.00. The van der Waals surface area contributed by atoms with Crippen LogP contribution in [0.25, 0.3) is 0 Å². The molecule has 0 saturated carbocycles. The molecule has 1 heterocycles. The minimum atomic E-state index is -0.860. The van der Waals surface area contributed by atoms with E-state index in [2.05, 4.69) is 29.2 Å². The Morgan fingerprint density at radius 1 is 1.17 bits per heavy atom. The van der Waals surface area contributed by atoms with E-state index in [1.165, 1.54) is 6.21 Å². The van der Waals surface area contributed by atoms with E-state index < -0.39 is 11.6 Å². The van der Waals surface area contributed by atoms with Gasteiger partial charge in [-0.05, 0) is 44.9 Å². The van der Waals surface area contributed by atoms with Crippen molar-refractivity contribution in [3.05, 3.63) is 29.8 Å². The third-order valence-electron chi connectivity index (χ3n) is 4.29. The average Bonchev–Trinajstić information content (AvgIpc) is 2.78. The molecule has 6 heteroatoms. The maximum atomic E-state index is 12.2. The Morgan fingerprint density at radius 3 is 2.26 bits per heavy atom. The van der Waals surface area contributed by atoms with Gasteiger partial charge in [0.1, 0.15) is 5.54 Å². The summed E-state index contributed by atoms with van der Waals surface area (Å²) in [6.45, 7) is 9.69. The lowest BCUT2D eigenvalue weighted by Crippen LogP contribution is -2.42. The molecule has 3 amide bonds. The Labute approximate surface area is 137 Å². The molecule has 1 N–H and O–H groups in total. The van der Waals surface area contributed by atoms with E-state index in [1.807, 2.05) is 31.2 Å². The highest BCUT2D eigenvalue weighted by Crippen LogP contribution is 2.21. The van der Waals surface area contributed by atoms with Gasteiger partial charge < -0.3 is 10.2 Å². The van der Waals surface area contributed by atoms with Gasteiger partial charge in [0.2, 0.25) is 0 Å². The Morgan fingerprint density at radius 2 is 1.78 bits per heavy atom. The van der Waals surface area contributed by atoms with Gasteiger partial charge in [0.15, 0.2) is 0 Å². The van der Waals surface area contributed by atoms with Crippen molar-refractivity contribution < 1.29 is 9.59 Å². The monoisotopic (exact) mass is 316 g/mol. The first-order valence-electron chi connectivity index (χ1n) is 8.00. The molecule has 1 aromatic rings. The fraction of sp³-hybridized carbons (Fsp3) is 0.471.